The van der Waals surface area contributed by atoms with Gasteiger partial charge in [0.1, 0.15) is 58.3 Å². The van der Waals surface area contributed by atoms with Crippen LogP contribution in [0.3, 0.4) is 0 Å². The van der Waals surface area contributed by atoms with Crippen LogP contribution < -0.4 is 11.1 Å². The smallest absolute Gasteiger partial charge is 0.410 e. The molecule has 6 aromatic heterocycles. The summed E-state index contributed by atoms with van der Waals surface area (Å²) in [6, 6.07) is 14.7. The second-order valence-electron chi connectivity index (χ2n) is 19.3. The molecule has 0 fully saturated rings. The Labute approximate surface area is 413 Å². The van der Waals surface area contributed by atoms with Gasteiger partial charge in [-0.05, 0) is 148 Å². The van der Waals surface area contributed by atoms with Crippen LogP contribution in [0.4, 0.5) is 21.2 Å². The molecule has 3 N–H and O–H groups in total. The van der Waals surface area contributed by atoms with Crippen LogP contribution in [0.15, 0.2) is 73.6 Å². The van der Waals surface area contributed by atoms with E-state index in [1.807, 2.05) is 82.7 Å². The van der Waals surface area contributed by atoms with Crippen LogP contribution >= 0.6 is 0 Å². The maximum absolute atomic E-state index is 12.9. The van der Waals surface area contributed by atoms with Gasteiger partial charge in [-0.2, -0.15) is 0 Å². The number of nitrogen functional groups attached to an aromatic ring is 1. The molecule has 2 aliphatic heterocycles. The van der Waals surface area contributed by atoms with Crippen molar-refractivity contribution < 1.29 is 33.4 Å². The van der Waals surface area contributed by atoms with Gasteiger partial charge in [-0.3, -0.25) is 9.78 Å². The van der Waals surface area contributed by atoms with Crippen LogP contribution in [-0.4, -0.2) is 114 Å². The third-order valence-corrected chi connectivity index (χ3v) is 10.7. The highest BCUT2D eigenvalue weighted by atomic mass is 16.6. The van der Waals surface area contributed by atoms with Crippen molar-refractivity contribution in [3.05, 3.63) is 107 Å². The molecule has 0 aliphatic carbocycles. The van der Waals surface area contributed by atoms with Gasteiger partial charge < -0.3 is 44.2 Å². The first kappa shape index (κ1) is 52.5. The molecule has 2 aliphatic rings. The Bertz CT molecular complexity index is 2830. The number of anilines is 2. The number of esters is 1. The van der Waals surface area contributed by atoms with Crippen LogP contribution in [0.1, 0.15) is 131 Å². The Morgan fingerprint density at radius 3 is 1.63 bits per heavy atom. The van der Waals surface area contributed by atoms with E-state index in [0.29, 0.717) is 74.8 Å². The highest BCUT2D eigenvalue weighted by molar-refractivity contribution is 6.02. The number of amides is 3. The molecule has 0 saturated carbocycles. The first-order valence-corrected chi connectivity index (χ1v) is 23.5. The van der Waals surface area contributed by atoms with Gasteiger partial charge in [-0.25, -0.2) is 29.3 Å². The van der Waals surface area contributed by atoms with E-state index < -0.39 is 17.2 Å². The molecule has 0 bridgehead atoms. The molecular weight excluding hydrogens is 909 g/mol. The molecule has 376 valence electrons. The molecule has 8 heterocycles. The Hall–Kier alpha value is -7.84. The van der Waals surface area contributed by atoms with Crippen LogP contribution in [-0.2, 0) is 40.1 Å². The number of nitrogens with zero attached hydrogens (tertiary/aromatic N) is 12. The van der Waals surface area contributed by atoms with Crippen LogP contribution in [0, 0.1) is 0 Å². The number of ether oxygens (including phenoxy) is 3. The predicted octanol–water partition coefficient (Wildman–Crippen LogP) is 7.92. The molecule has 0 aromatic carbocycles. The van der Waals surface area contributed by atoms with Crippen molar-refractivity contribution in [3.63, 3.8) is 0 Å². The third-order valence-electron chi connectivity index (χ3n) is 10.7. The Kier molecular flexibility index (Phi) is 16.8. The number of pyridine rings is 4. The van der Waals surface area contributed by atoms with Crippen molar-refractivity contribution in [2.75, 3.05) is 30.7 Å². The number of aromatic nitrogens is 10. The zero-order valence-corrected chi connectivity index (χ0v) is 42.3. The quantitative estimate of drug-likeness (QED) is 0.108. The first-order chi connectivity index (χ1) is 33.6. The summed E-state index contributed by atoms with van der Waals surface area (Å²) in [6.45, 7) is 23.2. The van der Waals surface area contributed by atoms with E-state index in [1.54, 1.807) is 72.1 Å². The van der Waals surface area contributed by atoms with E-state index in [9.17, 15) is 19.2 Å². The molecule has 3 amide bonds. The third kappa shape index (κ3) is 14.4. The summed E-state index contributed by atoms with van der Waals surface area (Å²) in [7, 11) is 0. The van der Waals surface area contributed by atoms with E-state index >= 15 is 0 Å². The zero-order chi connectivity index (χ0) is 51.6. The van der Waals surface area contributed by atoms with E-state index in [2.05, 4.69) is 59.5 Å². The monoisotopic (exact) mass is 973 g/mol. The SMILES string of the molecule is CC(C)n1cnnc1-c1cccc(N)n1.CC(C)n1cnnc1-c1cccc(NC(=O)c2cc3c(cn2)CCN(C(=O)OC(C)(C)C)C3)n1.CCOC(=O)c1cc2c(cn1)CCN(C(=O)OC(C)(C)C)C2. The highest BCUT2D eigenvalue weighted by Crippen LogP contribution is 2.25. The molecule has 8 rings (SSSR count). The average Bonchev–Trinajstić information content (AvgIpc) is 4.03. The van der Waals surface area contributed by atoms with E-state index in [4.69, 9.17) is 19.9 Å². The standard InChI is InChI=1S/C24H29N7O3.C16H22N2O4.C10H13N5/c1-15(2)31-14-26-29-21(31)18-7-6-8-20(27-18)28-22(32)19-11-17-13-30(10-9-16(17)12-25-19)23(33)34-24(3,4)5;1-5-21-14(19)13-8-12-10-18(7-6-11(12)9-17-13)15(20)22-16(2,3)4;1-7(2)15-6-12-14-10(15)8-4-3-5-9(11)13-8/h6-8,11-12,14-15H,9-10,13H2,1-5H3,(H,27,28,32);8-9H,5-7,10H2,1-4H3;3-7H,1-2H3,(H2,11,13). The second kappa shape index (κ2) is 22.7. The average molecular weight is 973 g/mol. The summed E-state index contributed by atoms with van der Waals surface area (Å²) in [4.78, 5) is 69.8. The van der Waals surface area contributed by atoms with Crippen LogP contribution in [0.5, 0.6) is 0 Å². The molecule has 21 heteroatoms. The minimum atomic E-state index is -0.565. The predicted molar refractivity (Wildman–Crippen MR) is 265 cm³/mol. The lowest BCUT2D eigenvalue weighted by Gasteiger charge is -2.31. The van der Waals surface area contributed by atoms with Crippen LogP contribution in [0.2, 0.25) is 0 Å². The maximum Gasteiger partial charge on any atom is 0.410 e. The lowest BCUT2D eigenvalue weighted by molar-refractivity contribution is 0.0213. The number of hydrogen-bond acceptors (Lipinski definition) is 16. The van der Waals surface area contributed by atoms with Gasteiger partial charge >= 0.3 is 18.2 Å². The number of carbonyl (C=O) groups excluding carboxylic acids is 4. The second-order valence-corrected chi connectivity index (χ2v) is 19.3. The highest BCUT2D eigenvalue weighted by Gasteiger charge is 2.28. The molecule has 0 saturated heterocycles. The van der Waals surface area contributed by atoms with E-state index in [-0.39, 0.29) is 35.5 Å². The Balaban J connectivity index is 0.000000191. The molecular formula is C50H64N14O7. The number of nitrogens with two attached hydrogens (primary N) is 1. The first-order valence-electron chi connectivity index (χ1n) is 23.5. The van der Waals surface area contributed by atoms with Crippen LogP contribution in [0.25, 0.3) is 23.0 Å². The summed E-state index contributed by atoms with van der Waals surface area (Å²) >= 11 is 0. The molecule has 21 nitrogen and oxygen atoms in total. The number of hydrogen-bond donors (Lipinski definition) is 2. The summed E-state index contributed by atoms with van der Waals surface area (Å²) in [6.07, 6.45) is 7.40. The van der Waals surface area contributed by atoms with Gasteiger partial charge in [-0.1, -0.05) is 12.1 Å². The molecule has 0 radical (unpaired) electrons. The lowest BCUT2D eigenvalue weighted by Crippen LogP contribution is -2.40. The van der Waals surface area contributed by atoms with Crippen molar-refractivity contribution >= 4 is 35.7 Å². The van der Waals surface area contributed by atoms with Gasteiger partial charge in [0.2, 0.25) is 0 Å². The Morgan fingerprint density at radius 2 is 1.15 bits per heavy atom. The fourth-order valence-corrected chi connectivity index (χ4v) is 7.27. The number of carbonyl (C=O) groups is 4. The van der Waals surface area contributed by atoms with Gasteiger partial charge in [0.15, 0.2) is 11.6 Å². The minimum absolute atomic E-state index is 0.171. The molecule has 0 unspecified atom stereocenters. The molecule has 71 heavy (non-hydrogen) atoms. The summed E-state index contributed by atoms with van der Waals surface area (Å²) in [5.41, 5.74) is 10.3. The fourth-order valence-electron chi connectivity index (χ4n) is 7.27. The zero-order valence-electron chi connectivity index (χ0n) is 42.3. The summed E-state index contributed by atoms with van der Waals surface area (Å²) in [5.74, 6) is 1.42. The van der Waals surface area contributed by atoms with Crippen molar-refractivity contribution in [2.24, 2.45) is 0 Å². The van der Waals surface area contributed by atoms with Gasteiger partial charge in [0.25, 0.3) is 5.91 Å². The topological polar surface area (TPSA) is 253 Å². The van der Waals surface area contributed by atoms with Crippen molar-refractivity contribution in [2.45, 2.75) is 125 Å². The van der Waals surface area contributed by atoms with Gasteiger partial charge in [0, 0.05) is 50.7 Å². The maximum atomic E-state index is 12.9. The van der Waals surface area contributed by atoms with Crippen molar-refractivity contribution in [3.8, 4) is 23.0 Å². The van der Waals surface area contributed by atoms with Gasteiger partial charge in [0.05, 0.1) is 6.61 Å². The summed E-state index contributed by atoms with van der Waals surface area (Å²) in [5, 5.41) is 18.9. The largest absolute Gasteiger partial charge is 0.461 e. The number of nitrogens with one attached hydrogen (secondary N) is 1. The van der Waals surface area contributed by atoms with Crippen molar-refractivity contribution in [1.29, 1.82) is 0 Å². The van der Waals surface area contributed by atoms with Crippen molar-refractivity contribution in [1.82, 2.24) is 59.3 Å². The molecule has 0 spiro atoms. The molecule has 6 aromatic rings. The Morgan fingerprint density at radius 1 is 0.676 bits per heavy atom. The number of rotatable bonds is 8. The fraction of sp³-hybridized carbons (Fsp3) is 0.440. The van der Waals surface area contributed by atoms with E-state index in [0.717, 1.165) is 33.8 Å². The normalized spacial score (nSPS) is 13.2. The molecule has 0 atom stereocenters. The van der Waals surface area contributed by atoms with Gasteiger partial charge in [-0.15, -0.1) is 20.4 Å². The lowest BCUT2D eigenvalue weighted by atomic mass is 10.0. The van der Waals surface area contributed by atoms with E-state index in [1.165, 1.54) is 0 Å². The summed E-state index contributed by atoms with van der Waals surface area (Å²) < 4.78 is 19.7. The number of fused-ring (bicyclic) bond motifs is 2. The minimum Gasteiger partial charge on any atom is -0.461 e.